The van der Waals surface area contributed by atoms with E-state index in [4.69, 9.17) is 5.73 Å². The van der Waals surface area contributed by atoms with E-state index in [1.165, 1.54) is 16.9 Å². The van der Waals surface area contributed by atoms with Crippen LogP contribution >= 0.6 is 11.3 Å². The summed E-state index contributed by atoms with van der Waals surface area (Å²) in [6.07, 6.45) is 5.73. The number of amides is 2. The minimum Gasteiger partial charge on any atom is -0.365 e. The molecular weight excluding hydrogens is 358 g/mol. The summed E-state index contributed by atoms with van der Waals surface area (Å²) in [7, 11) is 0. The highest BCUT2D eigenvalue weighted by Crippen LogP contribution is 2.42. The lowest BCUT2D eigenvalue weighted by atomic mass is 9.83. The Hall–Kier alpha value is -2.99. The molecule has 1 aliphatic rings. The van der Waals surface area contributed by atoms with Gasteiger partial charge in [0, 0.05) is 22.8 Å². The minimum atomic E-state index is -0.490. The first-order valence-electron chi connectivity index (χ1n) is 8.84. The molecule has 0 spiro atoms. The second-order valence-corrected chi connectivity index (χ2v) is 7.72. The molecule has 0 radical (unpaired) electrons. The zero-order chi connectivity index (χ0) is 18.8. The van der Waals surface area contributed by atoms with Gasteiger partial charge in [0.1, 0.15) is 5.00 Å². The molecule has 0 saturated heterocycles. The van der Waals surface area contributed by atoms with E-state index in [0.717, 1.165) is 29.7 Å². The van der Waals surface area contributed by atoms with Crippen molar-refractivity contribution in [1.82, 2.24) is 4.98 Å². The molecule has 1 atom stereocenters. The number of benzene rings is 1. The first kappa shape index (κ1) is 17.4. The molecule has 27 heavy (non-hydrogen) atoms. The van der Waals surface area contributed by atoms with Crippen LogP contribution in [0.5, 0.6) is 0 Å². The van der Waals surface area contributed by atoms with Crippen LogP contribution in [0.3, 0.4) is 0 Å². The number of primary amides is 1. The topological polar surface area (TPSA) is 85.1 Å². The van der Waals surface area contributed by atoms with Gasteiger partial charge in [-0.25, -0.2) is 0 Å². The highest BCUT2D eigenvalue weighted by molar-refractivity contribution is 7.17. The molecule has 0 bridgehead atoms. The number of anilines is 1. The van der Waals surface area contributed by atoms with E-state index in [1.807, 2.05) is 6.07 Å². The lowest BCUT2D eigenvalue weighted by Crippen LogP contribution is -2.19. The third kappa shape index (κ3) is 3.48. The molecule has 1 aliphatic carbocycles. The Morgan fingerprint density at radius 2 is 1.85 bits per heavy atom. The molecule has 2 amide bonds. The van der Waals surface area contributed by atoms with Crippen molar-refractivity contribution in [3.63, 3.8) is 0 Å². The van der Waals surface area contributed by atoms with Crippen molar-refractivity contribution in [2.45, 2.75) is 25.2 Å². The lowest BCUT2D eigenvalue weighted by molar-refractivity contribution is 0.100. The number of carbonyl (C=O) groups excluding carboxylic acids is 2. The lowest BCUT2D eigenvalue weighted by Gasteiger charge is -2.22. The average molecular weight is 377 g/mol. The van der Waals surface area contributed by atoms with Crippen molar-refractivity contribution in [2.24, 2.45) is 5.73 Å². The third-order valence-electron chi connectivity index (χ3n) is 4.95. The minimum absolute atomic E-state index is 0.266. The molecule has 3 N–H and O–H groups in total. The van der Waals surface area contributed by atoms with Gasteiger partial charge >= 0.3 is 0 Å². The van der Waals surface area contributed by atoms with Crippen LogP contribution in [0.25, 0.3) is 0 Å². The maximum Gasteiger partial charge on any atom is 0.256 e. The van der Waals surface area contributed by atoms with Crippen LogP contribution in [0.1, 0.15) is 49.1 Å². The van der Waals surface area contributed by atoms with Gasteiger partial charge in [0.25, 0.3) is 11.8 Å². The van der Waals surface area contributed by atoms with Crippen molar-refractivity contribution in [1.29, 1.82) is 0 Å². The van der Waals surface area contributed by atoms with Crippen LogP contribution in [0.15, 0.2) is 54.9 Å². The highest BCUT2D eigenvalue weighted by Gasteiger charge is 2.29. The Morgan fingerprint density at radius 3 is 2.56 bits per heavy atom. The van der Waals surface area contributed by atoms with Gasteiger partial charge in [0.15, 0.2) is 0 Å². The SMILES string of the molecule is NC(=O)c1c(NC(=O)c2ccncc2)sc2c1CCC(c1ccccc1)C2. The maximum absolute atomic E-state index is 12.5. The second-order valence-electron chi connectivity index (χ2n) is 6.61. The Labute approximate surface area is 161 Å². The number of rotatable bonds is 4. The van der Waals surface area contributed by atoms with E-state index in [9.17, 15) is 9.59 Å². The Kier molecular flexibility index (Phi) is 4.73. The fraction of sp³-hybridized carbons (Fsp3) is 0.190. The Balaban J connectivity index is 1.64. The molecule has 0 fully saturated rings. The largest absolute Gasteiger partial charge is 0.365 e. The van der Waals surface area contributed by atoms with E-state index in [1.54, 1.807) is 24.5 Å². The number of aromatic nitrogens is 1. The molecule has 0 saturated carbocycles. The fourth-order valence-corrected chi connectivity index (χ4v) is 4.95. The molecular formula is C21H19N3O2S. The molecule has 6 heteroatoms. The van der Waals surface area contributed by atoms with Gasteiger partial charge in [-0.05, 0) is 48.4 Å². The van der Waals surface area contributed by atoms with Crippen molar-refractivity contribution in [3.05, 3.63) is 82.0 Å². The van der Waals surface area contributed by atoms with Gasteiger partial charge in [0.05, 0.1) is 5.56 Å². The maximum atomic E-state index is 12.5. The summed E-state index contributed by atoms with van der Waals surface area (Å²) >= 11 is 1.46. The van der Waals surface area contributed by atoms with Gasteiger partial charge < -0.3 is 11.1 Å². The van der Waals surface area contributed by atoms with Crippen LogP contribution in [0, 0.1) is 0 Å². The Morgan fingerprint density at radius 1 is 1.11 bits per heavy atom. The summed E-state index contributed by atoms with van der Waals surface area (Å²) < 4.78 is 0. The summed E-state index contributed by atoms with van der Waals surface area (Å²) in [5.41, 5.74) is 8.90. The van der Waals surface area contributed by atoms with E-state index >= 15 is 0 Å². The molecule has 2 heterocycles. The van der Waals surface area contributed by atoms with E-state index < -0.39 is 5.91 Å². The molecule has 5 nitrogen and oxygen atoms in total. The highest BCUT2D eigenvalue weighted by atomic mass is 32.1. The number of nitrogens with two attached hydrogens (primary N) is 1. The van der Waals surface area contributed by atoms with Crippen LogP contribution in [-0.4, -0.2) is 16.8 Å². The van der Waals surface area contributed by atoms with Crippen molar-refractivity contribution in [2.75, 3.05) is 5.32 Å². The number of nitrogens with one attached hydrogen (secondary N) is 1. The van der Waals surface area contributed by atoms with Crippen molar-refractivity contribution >= 4 is 28.2 Å². The van der Waals surface area contributed by atoms with Crippen molar-refractivity contribution in [3.8, 4) is 0 Å². The van der Waals surface area contributed by atoms with Gasteiger partial charge in [-0.15, -0.1) is 11.3 Å². The molecule has 1 unspecified atom stereocenters. The molecule has 4 rings (SSSR count). The number of hydrogen-bond donors (Lipinski definition) is 2. The summed E-state index contributed by atoms with van der Waals surface area (Å²) in [6, 6.07) is 13.7. The molecule has 1 aromatic carbocycles. The summed E-state index contributed by atoms with van der Waals surface area (Å²) in [6.45, 7) is 0. The average Bonchev–Trinajstić information content (AvgIpc) is 3.06. The van der Waals surface area contributed by atoms with E-state index in [2.05, 4.69) is 34.6 Å². The normalized spacial score (nSPS) is 15.8. The number of thiophene rings is 1. The van der Waals surface area contributed by atoms with Crippen LogP contribution in [0.2, 0.25) is 0 Å². The van der Waals surface area contributed by atoms with Crippen LogP contribution in [0.4, 0.5) is 5.00 Å². The predicted molar refractivity (Wildman–Crippen MR) is 106 cm³/mol. The number of nitrogens with zero attached hydrogens (tertiary/aromatic N) is 1. The second kappa shape index (κ2) is 7.32. The van der Waals surface area contributed by atoms with Gasteiger partial charge in [-0.1, -0.05) is 30.3 Å². The first-order valence-corrected chi connectivity index (χ1v) is 9.66. The molecule has 136 valence electrons. The number of pyridine rings is 1. The van der Waals surface area contributed by atoms with Crippen LogP contribution in [-0.2, 0) is 12.8 Å². The number of hydrogen-bond acceptors (Lipinski definition) is 4. The molecule has 3 aromatic rings. The predicted octanol–water partition coefficient (Wildman–Crippen LogP) is 3.77. The molecule has 2 aromatic heterocycles. The standard InChI is InChI=1S/C21H19N3O2S/c22-19(25)18-16-7-6-15(13-4-2-1-3-5-13)12-17(16)27-21(18)24-20(26)14-8-10-23-11-9-14/h1-5,8-11,15H,6-7,12H2,(H2,22,25)(H,24,26). The van der Waals surface area contributed by atoms with Gasteiger partial charge in [-0.3, -0.25) is 14.6 Å². The quantitative estimate of drug-likeness (QED) is 0.726. The smallest absolute Gasteiger partial charge is 0.256 e. The summed E-state index contributed by atoms with van der Waals surface area (Å²) in [4.78, 5) is 29.6. The number of carbonyl (C=O) groups is 2. The summed E-state index contributed by atoms with van der Waals surface area (Å²) in [5, 5.41) is 3.42. The zero-order valence-electron chi connectivity index (χ0n) is 14.6. The first-order chi connectivity index (χ1) is 13.1. The Bertz CT molecular complexity index is 983. The van der Waals surface area contributed by atoms with E-state index in [0.29, 0.717) is 22.0 Å². The zero-order valence-corrected chi connectivity index (χ0v) is 15.5. The third-order valence-corrected chi connectivity index (χ3v) is 6.12. The van der Waals surface area contributed by atoms with Crippen molar-refractivity contribution < 1.29 is 9.59 Å². The van der Waals surface area contributed by atoms with Gasteiger partial charge in [-0.2, -0.15) is 0 Å². The molecule has 0 aliphatic heterocycles. The number of fused-ring (bicyclic) bond motifs is 1. The van der Waals surface area contributed by atoms with Gasteiger partial charge in [0.2, 0.25) is 0 Å². The van der Waals surface area contributed by atoms with E-state index in [-0.39, 0.29) is 5.91 Å². The van der Waals surface area contributed by atoms with Crippen LogP contribution < -0.4 is 11.1 Å². The monoisotopic (exact) mass is 377 g/mol. The fourth-order valence-electron chi connectivity index (χ4n) is 3.62. The summed E-state index contributed by atoms with van der Waals surface area (Å²) in [5.74, 6) is -0.337.